The maximum absolute atomic E-state index is 7.40. The van der Waals surface area contributed by atoms with Crippen LogP contribution >= 0.6 is 46.4 Å². The van der Waals surface area contributed by atoms with Crippen LogP contribution < -0.4 is 33.9 Å². The molecule has 0 amide bonds. The van der Waals surface area contributed by atoms with Crippen LogP contribution in [0.25, 0.3) is 0 Å². The van der Waals surface area contributed by atoms with E-state index in [1.54, 1.807) is 0 Å². The van der Waals surface area contributed by atoms with Gasteiger partial charge in [-0.3, -0.25) is 0 Å². The molecule has 1 spiro atoms. The zero-order valence-corrected chi connectivity index (χ0v) is 32.9. The minimum Gasteiger partial charge on any atom is -0.501 e. The third-order valence-corrected chi connectivity index (χ3v) is 14.7. The maximum atomic E-state index is 7.40. The molecule has 0 bridgehead atoms. The lowest BCUT2D eigenvalue weighted by atomic mass is 10.1. The van der Waals surface area contributed by atoms with Crippen LogP contribution in [-0.2, 0) is 0 Å². The highest BCUT2D eigenvalue weighted by molar-refractivity contribution is 6.99. The molecule has 6 aromatic rings. The standard InChI is InChI=1S/C43H33Cl4N3O2Si/c1-4-27-48(29-17-9-6-10-18-29)32-23-15-25-34-42(32)53(51-40-38(46)36(44)37(45)39(47)41(40)52-53)43-33(49(28(3)5-2)30-19-11-7-12-20-30)24-16-26-35(43)50(34)31-21-13-8-14-22-31/h4-26H,1,27H2,2-3H3/b28-5+. The molecule has 5 nitrogen and oxygen atoms in total. The van der Waals surface area contributed by atoms with Crippen LogP contribution in [0.3, 0.4) is 0 Å². The third kappa shape index (κ3) is 5.68. The van der Waals surface area contributed by atoms with E-state index in [0.717, 1.165) is 55.9 Å². The number of nitrogens with zero attached hydrogens (tertiary/aromatic N) is 3. The third-order valence-electron chi connectivity index (χ3n) is 9.57. The molecule has 0 atom stereocenters. The van der Waals surface area contributed by atoms with Gasteiger partial charge in [-0.05, 0) is 74.5 Å². The fourth-order valence-electron chi connectivity index (χ4n) is 7.23. The number of hydrogen-bond donors (Lipinski definition) is 0. The van der Waals surface area contributed by atoms with Crippen molar-refractivity contribution in [3.63, 3.8) is 0 Å². The molecule has 0 N–H and O–H groups in total. The lowest BCUT2D eigenvalue weighted by molar-refractivity contribution is 0.493. The van der Waals surface area contributed by atoms with Gasteiger partial charge in [0.25, 0.3) is 0 Å². The molecule has 2 aliphatic rings. The number of fused-ring (bicyclic) bond motifs is 5. The zero-order chi connectivity index (χ0) is 36.9. The molecule has 2 heterocycles. The fraction of sp³-hybridized carbons (Fsp3) is 0.0698. The zero-order valence-electron chi connectivity index (χ0n) is 28.9. The molecule has 0 aromatic heterocycles. The van der Waals surface area contributed by atoms with Crippen molar-refractivity contribution in [1.29, 1.82) is 0 Å². The monoisotopic (exact) mass is 791 g/mol. The van der Waals surface area contributed by atoms with E-state index in [2.05, 4.69) is 107 Å². The van der Waals surface area contributed by atoms with Crippen LogP contribution in [0.5, 0.6) is 11.5 Å². The van der Waals surface area contributed by atoms with Gasteiger partial charge < -0.3 is 23.6 Å². The van der Waals surface area contributed by atoms with Crippen molar-refractivity contribution >= 4 is 105 Å². The van der Waals surface area contributed by atoms with Crippen molar-refractivity contribution in [3.05, 3.63) is 172 Å². The number of para-hydroxylation sites is 3. The molecular weight excluding hydrogens is 760 g/mol. The summed E-state index contributed by atoms with van der Waals surface area (Å²) in [6.45, 7) is 8.78. The van der Waals surface area contributed by atoms with Gasteiger partial charge in [0.1, 0.15) is 10.0 Å². The van der Waals surface area contributed by atoms with Gasteiger partial charge in [-0.25, -0.2) is 0 Å². The Labute approximate surface area is 330 Å². The van der Waals surface area contributed by atoms with Crippen LogP contribution in [0.1, 0.15) is 13.8 Å². The molecule has 264 valence electrons. The van der Waals surface area contributed by atoms with Crippen LogP contribution in [0.2, 0.25) is 20.1 Å². The minimum atomic E-state index is -3.99. The summed E-state index contributed by atoms with van der Waals surface area (Å²) in [5.41, 5.74) is 7.47. The Balaban J connectivity index is 1.54. The van der Waals surface area contributed by atoms with Gasteiger partial charge in [-0.1, -0.05) is 125 Å². The second-order valence-electron chi connectivity index (χ2n) is 12.6. The summed E-state index contributed by atoms with van der Waals surface area (Å²) < 4.78 is 14.8. The van der Waals surface area contributed by atoms with E-state index < -0.39 is 8.56 Å². The van der Waals surface area contributed by atoms with E-state index in [1.807, 2.05) is 67.6 Å². The molecule has 0 radical (unpaired) electrons. The van der Waals surface area contributed by atoms with E-state index in [-0.39, 0.29) is 31.6 Å². The molecule has 0 saturated heterocycles. The lowest BCUT2D eigenvalue weighted by Gasteiger charge is -2.43. The van der Waals surface area contributed by atoms with Crippen LogP contribution in [0, 0.1) is 0 Å². The Hall–Kier alpha value is -4.82. The van der Waals surface area contributed by atoms with Crippen LogP contribution in [-0.4, -0.2) is 15.1 Å². The van der Waals surface area contributed by atoms with Gasteiger partial charge in [-0.2, -0.15) is 0 Å². The van der Waals surface area contributed by atoms with E-state index in [9.17, 15) is 0 Å². The van der Waals surface area contributed by atoms with E-state index in [4.69, 9.17) is 55.3 Å². The number of hydrogen-bond acceptors (Lipinski definition) is 5. The second kappa shape index (κ2) is 14.2. The number of allylic oxidation sites excluding steroid dienone is 2. The number of halogens is 4. The first-order chi connectivity index (χ1) is 25.8. The predicted molar refractivity (Wildman–Crippen MR) is 226 cm³/mol. The number of anilines is 7. The molecule has 2 aliphatic heterocycles. The first-order valence-electron chi connectivity index (χ1n) is 17.1. The summed E-state index contributed by atoms with van der Waals surface area (Å²) in [5, 5.41) is 2.19. The van der Waals surface area contributed by atoms with Gasteiger partial charge in [0.2, 0.25) is 0 Å². The van der Waals surface area contributed by atoms with Gasteiger partial charge in [-0.15, -0.1) is 6.58 Å². The summed E-state index contributed by atoms with van der Waals surface area (Å²) in [6.07, 6.45) is 3.99. The van der Waals surface area contributed by atoms with Gasteiger partial charge in [0, 0.05) is 29.3 Å². The Kier molecular flexibility index (Phi) is 9.43. The average molecular weight is 794 g/mol. The molecule has 0 fully saturated rings. The summed E-state index contributed by atoms with van der Waals surface area (Å²) in [5.74, 6) is 0.521. The normalized spacial score (nSPS) is 13.8. The van der Waals surface area contributed by atoms with E-state index >= 15 is 0 Å². The summed E-state index contributed by atoms with van der Waals surface area (Å²) >= 11 is 27.4. The van der Waals surface area contributed by atoms with E-state index in [0.29, 0.717) is 6.54 Å². The summed E-state index contributed by atoms with van der Waals surface area (Å²) in [6, 6.07) is 43.4. The highest BCUT2D eigenvalue weighted by Crippen LogP contribution is 2.57. The average Bonchev–Trinajstić information content (AvgIpc) is 3.60. The Morgan fingerprint density at radius 3 is 1.66 bits per heavy atom. The highest BCUT2D eigenvalue weighted by Gasteiger charge is 2.62. The molecule has 0 unspecified atom stereocenters. The molecule has 8 rings (SSSR count). The SMILES string of the molecule is C=CCN(c1ccccc1)c1cccc2c1[Si]1(Oc3c(Cl)c(Cl)c(Cl)c(Cl)c3O1)c1c(N(/C(C)=C/C)c3ccccc3)cccc1N2c1ccccc1. The Morgan fingerprint density at radius 1 is 0.642 bits per heavy atom. The van der Waals surface area contributed by atoms with Gasteiger partial charge in [0.05, 0.1) is 43.2 Å². The van der Waals surface area contributed by atoms with Gasteiger partial charge >= 0.3 is 8.56 Å². The summed E-state index contributed by atoms with van der Waals surface area (Å²) in [7, 11) is -3.99. The van der Waals surface area contributed by atoms with Crippen molar-refractivity contribution in [2.45, 2.75) is 13.8 Å². The van der Waals surface area contributed by atoms with Crippen molar-refractivity contribution in [3.8, 4) is 11.5 Å². The smallest absolute Gasteiger partial charge is 0.501 e. The largest absolute Gasteiger partial charge is 0.540 e. The fourth-order valence-corrected chi connectivity index (χ4v) is 12.1. The molecule has 6 aromatic carbocycles. The predicted octanol–water partition coefficient (Wildman–Crippen LogP) is 12.5. The molecular formula is C43H33Cl4N3O2Si. The van der Waals surface area contributed by atoms with E-state index in [1.165, 1.54) is 0 Å². The maximum Gasteiger partial charge on any atom is 0.540 e. The van der Waals surface area contributed by atoms with Gasteiger partial charge in [0.15, 0.2) is 11.5 Å². The second-order valence-corrected chi connectivity index (χ2v) is 16.7. The highest BCUT2D eigenvalue weighted by atomic mass is 35.5. The van der Waals surface area contributed by atoms with Crippen molar-refractivity contribution in [2.75, 3.05) is 21.2 Å². The Bertz CT molecular complexity index is 2360. The van der Waals surface area contributed by atoms with Crippen LogP contribution in [0.4, 0.5) is 39.8 Å². The first kappa shape index (κ1) is 35.2. The topological polar surface area (TPSA) is 28.2 Å². The molecule has 53 heavy (non-hydrogen) atoms. The quantitative estimate of drug-likeness (QED) is 0.0662. The van der Waals surface area contributed by atoms with Crippen LogP contribution in [0.15, 0.2) is 152 Å². The summed E-state index contributed by atoms with van der Waals surface area (Å²) in [4.78, 5) is 6.74. The Morgan fingerprint density at radius 2 is 1.13 bits per heavy atom. The first-order valence-corrected chi connectivity index (χ1v) is 20.4. The molecule has 10 heteroatoms. The number of benzene rings is 6. The van der Waals surface area contributed by atoms with Crippen molar-refractivity contribution < 1.29 is 8.85 Å². The number of rotatable bonds is 8. The lowest BCUT2D eigenvalue weighted by Crippen LogP contribution is -2.71. The van der Waals surface area contributed by atoms with Crippen molar-refractivity contribution in [1.82, 2.24) is 0 Å². The molecule has 0 saturated carbocycles. The van der Waals surface area contributed by atoms with Crippen molar-refractivity contribution in [2.24, 2.45) is 0 Å². The molecule has 0 aliphatic carbocycles. The minimum absolute atomic E-state index is 0.101.